The lowest BCUT2D eigenvalue weighted by Gasteiger charge is -2.33. The standard InChI is InChI=1S/C26H29N7O4S2/c1-18-16-20(17-27)31-26(29-18)33-14-12-22(13-15-33)39(28,37)21-10-8-19(9-11-21)30-25(34)23-6-4-5-7-24(23)32(2)38(3,35)36/h4-11,16,22,28H,12-15H2,1-3H3,(H,30,34). The van der Waals surface area contributed by atoms with Crippen molar-refractivity contribution < 1.29 is 17.4 Å². The summed E-state index contributed by atoms with van der Waals surface area (Å²) in [7, 11) is -5.31. The van der Waals surface area contributed by atoms with Crippen molar-refractivity contribution in [2.24, 2.45) is 0 Å². The van der Waals surface area contributed by atoms with Crippen LogP contribution in [0.5, 0.6) is 0 Å². The van der Waals surface area contributed by atoms with Crippen molar-refractivity contribution in [3.05, 3.63) is 71.5 Å². The Balaban J connectivity index is 1.44. The van der Waals surface area contributed by atoms with Crippen LogP contribution >= 0.6 is 0 Å². The fraction of sp³-hybridized carbons (Fsp3) is 0.308. The predicted molar refractivity (Wildman–Crippen MR) is 150 cm³/mol. The van der Waals surface area contributed by atoms with Crippen molar-refractivity contribution in [2.75, 3.05) is 40.9 Å². The van der Waals surface area contributed by atoms with Crippen LogP contribution < -0.4 is 14.5 Å². The first-order valence-electron chi connectivity index (χ1n) is 12.1. The number of carbonyl (C=O) groups is 1. The van der Waals surface area contributed by atoms with Crippen molar-refractivity contribution in [1.82, 2.24) is 9.97 Å². The Morgan fingerprint density at radius 3 is 2.36 bits per heavy atom. The predicted octanol–water partition coefficient (Wildman–Crippen LogP) is 3.38. The Bertz CT molecular complexity index is 1640. The number of hydrogen-bond donors (Lipinski definition) is 2. The highest BCUT2D eigenvalue weighted by Gasteiger charge is 2.30. The van der Waals surface area contributed by atoms with E-state index in [4.69, 9.17) is 4.78 Å². The summed E-state index contributed by atoms with van der Waals surface area (Å²) in [5, 5.41) is 11.6. The van der Waals surface area contributed by atoms with Gasteiger partial charge in [-0.3, -0.25) is 9.10 Å². The number of carbonyl (C=O) groups excluding carboxylic acids is 1. The van der Waals surface area contributed by atoms with Crippen LogP contribution in [0.4, 0.5) is 17.3 Å². The average molecular weight is 568 g/mol. The molecule has 1 saturated heterocycles. The van der Waals surface area contributed by atoms with Crippen LogP contribution in [0.25, 0.3) is 0 Å². The number of amides is 1. The SMILES string of the molecule is Cc1cc(C#N)nc(N2CCC(S(=N)(=O)c3ccc(NC(=O)c4ccccc4N(C)S(C)(=O)=O)cc3)CC2)n1. The molecule has 1 unspecified atom stereocenters. The van der Waals surface area contributed by atoms with Gasteiger partial charge < -0.3 is 10.2 Å². The summed E-state index contributed by atoms with van der Waals surface area (Å²) in [6, 6.07) is 16.4. The molecule has 0 spiro atoms. The molecular formula is C26H29N7O4S2. The van der Waals surface area contributed by atoms with Gasteiger partial charge in [-0.2, -0.15) is 5.26 Å². The second-order valence-corrected chi connectivity index (χ2v) is 13.7. The number of benzene rings is 2. The minimum absolute atomic E-state index is 0.185. The molecule has 0 radical (unpaired) electrons. The molecule has 0 saturated carbocycles. The van der Waals surface area contributed by atoms with E-state index in [-0.39, 0.29) is 16.5 Å². The van der Waals surface area contributed by atoms with E-state index in [1.807, 2.05) is 11.0 Å². The molecule has 1 aliphatic heterocycles. The maximum absolute atomic E-state index is 13.5. The van der Waals surface area contributed by atoms with Gasteiger partial charge in [0.15, 0.2) is 0 Å². The van der Waals surface area contributed by atoms with E-state index < -0.39 is 25.7 Å². The molecule has 1 amide bonds. The summed E-state index contributed by atoms with van der Waals surface area (Å²) in [4.78, 5) is 23.9. The summed E-state index contributed by atoms with van der Waals surface area (Å²) in [6.45, 7) is 2.84. The molecule has 4 rings (SSSR count). The molecule has 1 atom stereocenters. The molecule has 1 fully saturated rings. The number of aryl methyl sites for hydroxylation is 1. The minimum Gasteiger partial charge on any atom is -0.341 e. The van der Waals surface area contributed by atoms with E-state index in [0.29, 0.717) is 53.9 Å². The average Bonchev–Trinajstić information content (AvgIpc) is 2.92. The van der Waals surface area contributed by atoms with Crippen molar-refractivity contribution in [1.29, 1.82) is 10.0 Å². The van der Waals surface area contributed by atoms with Crippen molar-refractivity contribution in [2.45, 2.75) is 29.9 Å². The number of aromatic nitrogens is 2. The number of anilines is 3. The highest BCUT2D eigenvalue weighted by Crippen LogP contribution is 2.28. The summed E-state index contributed by atoms with van der Waals surface area (Å²) in [5.74, 6) is -0.0309. The molecular weight excluding hydrogens is 538 g/mol. The molecule has 2 aromatic carbocycles. The molecule has 13 heteroatoms. The molecule has 0 bridgehead atoms. The van der Waals surface area contributed by atoms with Gasteiger partial charge in [0.1, 0.15) is 11.8 Å². The normalized spacial score (nSPS) is 15.7. The third-order valence-corrected chi connectivity index (χ3v) is 10.2. The van der Waals surface area contributed by atoms with Gasteiger partial charge in [0.05, 0.1) is 32.5 Å². The van der Waals surface area contributed by atoms with Gasteiger partial charge in [-0.1, -0.05) is 12.1 Å². The van der Waals surface area contributed by atoms with Crippen LogP contribution in [0.3, 0.4) is 0 Å². The van der Waals surface area contributed by atoms with E-state index in [2.05, 4.69) is 15.3 Å². The highest BCUT2D eigenvalue weighted by atomic mass is 32.2. The zero-order chi connectivity index (χ0) is 28.4. The third kappa shape index (κ3) is 6.18. The molecule has 1 aromatic heterocycles. The number of nitrogens with one attached hydrogen (secondary N) is 2. The number of sulfonamides is 1. The van der Waals surface area contributed by atoms with Crippen LogP contribution in [-0.4, -0.2) is 60.1 Å². The first kappa shape index (κ1) is 28.0. The van der Waals surface area contributed by atoms with E-state index in [9.17, 15) is 22.7 Å². The molecule has 39 heavy (non-hydrogen) atoms. The Morgan fingerprint density at radius 1 is 1.10 bits per heavy atom. The van der Waals surface area contributed by atoms with Gasteiger partial charge in [-0.15, -0.1) is 0 Å². The summed E-state index contributed by atoms with van der Waals surface area (Å²) in [5.41, 5.74) is 1.85. The summed E-state index contributed by atoms with van der Waals surface area (Å²) < 4.78 is 47.2. The van der Waals surface area contributed by atoms with Crippen LogP contribution in [0.15, 0.2) is 59.5 Å². The van der Waals surface area contributed by atoms with Gasteiger partial charge in [0, 0.05) is 36.4 Å². The molecule has 2 N–H and O–H groups in total. The lowest BCUT2D eigenvalue weighted by molar-refractivity contribution is 0.102. The zero-order valence-electron chi connectivity index (χ0n) is 21.8. The minimum atomic E-state index is -3.56. The number of nitriles is 1. The maximum atomic E-state index is 13.5. The van der Waals surface area contributed by atoms with Crippen LogP contribution in [-0.2, 0) is 19.8 Å². The van der Waals surface area contributed by atoms with Gasteiger partial charge in [0.25, 0.3) is 5.91 Å². The molecule has 1 aliphatic rings. The van der Waals surface area contributed by atoms with Gasteiger partial charge >= 0.3 is 0 Å². The monoisotopic (exact) mass is 567 g/mol. The molecule has 11 nitrogen and oxygen atoms in total. The Hall–Kier alpha value is -4.02. The molecule has 2 heterocycles. The van der Waals surface area contributed by atoms with Crippen molar-refractivity contribution >= 4 is 43.0 Å². The van der Waals surface area contributed by atoms with Crippen LogP contribution in [0.2, 0.25) is 0 Å². The quantitative estimate of drug-likeness (QED) is 0.439. The second-order valence-electron chi connectivity index (χ2n) is 9.32. The second kappa shape index (κ2) is 11.0. The van der Waals surface area contributed by atoms with E-state index in [1.54, 1.807) is 55.5 Å². The van der Waals surface area contributed by atoms with Crippen LogP contribution in [0.1, 0.15) is 34.6 Å². The maximum Gasteiger partial charge on any atom is 0.257 e. The van der Waals surface area contributed by atoms with E-state index in [0.717, 1.165) is 10.6 Å². The Labute approximate surface area is 228 Å². The fourth-order valence-corrected chi connectivity index (χ4v) is 6.71. The number of piperidine rings is 1. The molecule has 0 aliphatic carbocycles. The van der Waals surface area contributed by atoms with Crippen molar-refractivity contribution in [3.63, 3.8) is 0 Å². The van der Waals surface area contributed by atoms with E-state index >= 15 is 0 Å². The van der Waals surface area contributed by atoms with E-state index in [1.165, 1.54) is 13.1 Å². The number of hydrogen-bond acceptors (Lipinski definition) is 9. The topological polar surface area (TPSA) is 160 Å². The Kier molecular flexibility index (Phi) is 7.89. The number of rotatable bonds is 7. The van der Waals surface area contributed by atoms with Gasteiger partial charge in [0.2, 0.25) is 16.0 Å². The lowest BCUT2D eigenvalue weighted by atomic mass is 10.1. The molecule has 3 aromatic rings. The third-order valence-electron chi connectivity index (χ3n) is 6.60. The van der Waals surface area contributed by atoms with Gasteiger partial charge in [-0.25, -0.2) is 27.4 Å². The summed E-state index contributed by atoms with van der Waals surface area (Å²) in [6.07, 6.45) is 2.07. The number of nitrogens with zero attached hydrogens (tertiary/aromatic N) is 5. The first-order valence-corrected chi connectivity index (χ1v) is 15.6. The van der Waals surface area contributed by atoms with Gasteiger partial charge in [-0.05, 0) is 62.2 Å². The fourth-order valence-electron chi connectivity index (χ4n) is 4.39. The highest BCUT2D eigenvalue weighted by molar-refractivity contribution is 7.93. The Morgan fingerprint density at radius 2 is 1.74 bits per heavy atom. The van der Waals surface area contributed by atoms with Crippen LogP contribution in [0, 0.1) is 23.0 Å². The van der Waals surface area contributed by atoms with Crippen molar-refractivity contribution in [3.8, 4) is 6.07 Å². The molecule has 204 valence electrons. The largest absolute Gasteiger partial charge is 0.341 e. The number of para-hydroxylation sites is 1. The first-order chi connectivity index (χ1) is 18.4. The smallest absolute Gasteiger partial charge is 0.257 e. The zero-order valence-corrected chi connectivity index (χ0v) is 23.4. The summed E-state index contributed by atoms with van der Waals surface area (Å²) >= 11 is 0. The lowest BCUT2D eigenvalue weighted by Crippen LogP contribution is -2.40.